The van der Waals surface area contributed by atoms with Gasteiger partial charge in [0.2, 0.25) is 0 Å². The minimum atomic E-state index is -0.433. The number of nitrogens with zero attached hydrogens (tertiary/aromatic N) is 3. The fraction of sp³-hybridized carbons (Fsp3) is 0.148. The number of hydrogen-bond acceptors (Lipinski definition) is 6. The number of aromatic nitrogens is 2. The third kappa shape index (κ3) is 5.60. The van der Waals surface area contributed by atoms with Crippen molar-refractivity contribution in [3.05, 3.63) is 88.9 Å². The van der Waals surface area contributed by atoms with E-state index < -0.39 is 5.91 Å². The normalized spacial score (nSPS) is 11.1. The molecule has 1 N–H and O–H groups in total. The van der Waals surface area contributed by atoms with Crippen LogP contribution >= 0.6 is 11.3 Å². The maximum atomic E-state index is 12.8. The molecule has 0 saturated heterocycles. The second kappa shape index (κ2) is 11.2. The minimum Gasteiger partial charge on any atom is -0.493 e. The molecule has 35 heavy (non-hydrogen) atoms. The topological polar surface area (TPSA) is 89.2 Å². The van der Waals surface area contributed by atoms with E-state index in [0.29, 0.717) is 30.0 Å². The first-order valence-corrected chi connectivity index (χ1v) is 11.8. The third-order valence-corrected chi connectivity index (χ3v) is 6.21. The van der Waals surface area contributed by atoms with Gasteiger partial charge in [-0.2, -0.15) is 10.4 Å². The van der Waals surface area contributed by atoms with Crippen molar-refractivity contribution in [3.8, 4) is 33.8 Å². The Morgan fingerprint density at radius 2 is 1.91 bits per heavy atom. The summed E-state index contributed by atoms with van der Waals surface area (Å²) in [7, 11) is 3.17. The van der Waals surface area contributed by atoms with Crippen LogP contribution in [0.4, 0.5) is 0 Å². The Bertz CT molecular complexity index is 1370. The lowest BCUT2D eigenvalue weighted by Crippen LogP contribution is -2.26. The maximum absolute atomic E-state index is 12.8. The number of nitrogens with one attached hydrogen (secondary N) is 1. The van der Waals surface area contributed by atoms with E-state index in [-0.39, 0.29) is 5.57 Å². The molecule has 8 heteroatoms. The van der Waals surface area contributed by atoms with Gasteiger partial charge in [0.25, 0.3) is 5.91 Å². The van der Waals surface area contributed by atoms with Crippen LogP contribution in [0, 0.1) is 11.3 Å². The molecule has 0 aliphatic heterocycles. The molecule has 176 valence electrons. The maximum Gasteiger partial charge on any atom is 0.261 e. The number of thiophene rings is 1. The number of para-hydroxylation sites is 1. The number of hydrogen-bond donors (Lipinski definition) is 1. The van der Waals surface area contributed by atoms with E-state index in [9.17, 15) is 10.1 Å². The number of carbonyl (C=O) groups excluding carboxylic acids is 1. The van der Waals surface area contributed by atoms with Crippen molar-refractivity contribution in [2.75, 3.05) is 20.8 Å². The SMILES string of the molecule is COc1ccc(CCNC(=O)/C(C#N)=C\c2cn(-c3ccccc3)nc2-c2cccs2)cc1OC. The third-order valence-electron chi connectivity index (χ3n) is 5.33. The Morgan fingerprint density at radius 1 is 1.11 bits per heavy atom. The Balaban J connectivity index is 1.52. The van der Waals surface area contributed by atoms with Crippen LogP contribution in [-0.4, -0.2) is 36.5 Å². The van der Waals surface area contributed by atoms with Gasteiger partial charge in [0.1, 0.15) is 17.3 Å². The molecule has 2 heterocycles. The van der Waals surface area contributed by atoms with Crippen molar-refractivity contribution in [3.63, 3.8) is 0 Å². The summed E-state index contributed by atoms with van der Waals surface area (Å²) in [6.45, 7) is 0.369. The van der Waals surface area contributed by atoms with Crippen molar-refractivity contribution < 1.29 is 14.3 Å². The van der Waals surface area contributed by atoms with E-state index in [0.717, 1.165) is 21.8 Å². The van der Waals surface area contributed by atoms with E-state index in [4.69, 9.17) is 14.6 Å². The van der Waals surface area contributed by atoms with Gasteiger partial charge in [-0.05, 0) is 53.8 Å². The molecule has 0 spiro atoms. The second-order valence-electron chi connectivity index (χ2n) is 7.56. The molecule has 0 saturated carbocycles. The summed E-state index contributed by atoms with van der Waals surface area (Å²) in [4.78, 5) is 13.8. The fourth-order valence-electron chi connectivity index (χ4n) is 3.57. The number of nitriles is 1. The molecular formula is C27H24N4O3S. The van der Waals surface area contributed by atoms with Crippen molar-refractivity contribution in [2.24, 2.45) is 0 Å². The van der Waals surface area contributed by atoms with Gasteiger partial charge in [0.15, 0.2) is 11.5 Å². The Kier molecular flexibility index (Phi) is 7.60. The summed E-state index contributed by atoms with van der Waals surface area (Å²) in [5.74, 6) is 0.843. The van der Waals surface area contributed by atoms with Crippen molar-refractivity contribution in [1.29, 1.82) is 5.26 Å². The van der Waals surface area contributed by atoms with E-state index in [2.05, 4.69) is 5.32 Å². The highest BCUT2D eigenvalue weighted by atomic mass is 32.1. The zero-order valence-electron chi connectivity index (χ0n) is 19.4. The molecule has 0 atom stereocenters. The monoisotopic (exact) mass is 484 g/mol. The first kappa shape index (κ1) is 23.8. The summed E-state index contributed by atoms with van der Waals surface area (Å²) in [6, 6.07) is 21.3. The van der Waals surface area contributed by atoms with Gasteiger partial charge in [-0.15, -0.1) is 11.3 Å². The summed E-state index contributed by atoms with van der Waals surface area (Å²) < 4.78 is 12.3. The van der Waals surface area contributed by atoms with Crippen LogP contribution in [0.1, 0.15) is 11.1 Å². The standard InChI is InChI=1S/C27H24N4O3S/c1-33-23-11-10-19(15-24(23)34-2)12-13-29-27(32)20(17-28)16-21-18-31(22-7-4-3-5-8-22)30-26(21)25-9-6-14-35-25/h3-11,14-16,18H,12-13H2,1-2H3,(H,29,32)/b20-16-. The van der Waals surface area contributed by atoms with Gasteiger partial charge in [-0.25, -0.2) is 4.68 Å². The number of ether oxygens (including phenoxy) is 2. The lowest BCUT2D eigenvalue weighted by molar-refractivity contribution is -0.117. The summed E-state index contributed by atoms with van der Waals surface area (Å²) >= 11 is 1.55. The van der Waals surface area contributed by atoms with Gasteiger partial charge in [0, 0.05) is 18.3 Å². The highest BCUT2D eigenvalue weighted by Gasteiger charge is 2.16. The Labute approximate surface area is 207 Å². The largest absolute Gasteiger partial charge is 0.493 e. The highest BCUT2D eigenvalue weighted by molar-refractivity contribution is 7.13. The van der Waals surface area contributed by atoms with Gasteiger partial charge in [-0.3, -0.25) is 4.79 Å². The van der Waals surface area contributed by atoms with E-state index in [1.165, 1.54) is 0 Å². The molecule has 0 radical (unpaired) electrons. The van der Waals surface area contributed by atoms with E-state index in [1.807, 2.05) is 78.3 Å². The van der Waals surface area contributed by atoms with Crippen LogP contribution in [0.5, 0.6) is 11.5 Å². The first-order valence-electron chi connectivity index (χ1n) is 10.9. The van der Waals surface area contributed by atoms with Gasteiger partial charge in [0.05, 0.1) is 24.8 Å². The van der Waals surface area contributed by atoms with Gasteiger partial charge >= 0.3 is 0 Å². The quantitative estimate of drug-likeness (QED) is 0.270. The van der Waals surface area contributed by atoms with Gasteiger partial charge in [-0.1, -0.05) is 30.3 Å². The van der Waals surface area contributed by atoms with E-state index in [1.54, 1.807) is 36.3 Å². The van der Waals surface area contributed by atoms with Crippen LogP contribution < -0.4 is 14.8 Å². The molecular weight excluding hydrogens is 460 g/mol. The zero-order valence-corrected chi connectivity index (χ0v) is 20.2. The predicted octanol–water partition coefficient (Wildman–Crippen LogP) is 4.88. The summed E-state index contributed by atoms with van der Waals surface area (Å²) in [6.07, 6.45) is 4.00. The molecule has 4 aromatic rings. The minimum absolute atomic E-state index is 0.0164. The fourth-order valence-corrected chi connectivity index (χ4v) is 4.30. The second-order valence-corrected chi connectivity index (χ2v) is 8.50. The first-order chi connectivity index (χ1) is 17.1. The van der Waals surface area contributed by atoms with E-state index >= 15 is 0 Å². The lowest BCUT2D eigenvalue weighted by Gasteiger charge is -2.10. The Hall–Kier alpha value is -4.35. The molecule has 7 nitrogen and oxygen atoms in total. The number of benzene rings is 2. The number of amides is 1. The van der Waals surface area contributed by atoms with Crippen LogP contribution in [0.3, 0.4) is 0 Å². The molecule has 1 amide bonds. The molecule has 0 aliphatic carbocycles. The van der Waals surface area contributed by atoms with Crippen LogP contribution in [-0.2, 0) is 11.2 Å². The summed E-state index contributed by atoms with van der Waals surface area (Å²) in [5, 5.41) is 19.2. The number of methoxy groups -OCH3 is 2. The average molecular weight is 485 g/mol. The number of rotatable bonds is 9. The molecule has 2 aromatic carbocycles. The Morgan fingerprint density at radius 3 is 2.60 bits per heavy atom. The summed E-state index contributed by atoms with van der Waals surface area (Å²) in [5.41, 5.74) is 3.30. The molecule has 0 aliphatic rings. The van der Waals surface area contributed by atoms with Crippen molar-refractivity contribution in [1.82, 2.24) is 15.1 Å². The van der Waals surface area contributed by atoms with Crippen LogP contribution in [0.15, 0.2) is 77.8 Å². The smallest absolute Gasteiger partial charge is 0.261 e. The van der Waals surface area contributed by atoms with Crippen molar-refractivity contribution in [2.45, 2.75) is 6.42 Å². The van der Waals surface area contributed by atoms with Crippen molar-refractivity contribution >= 4 is 23.3 Å². The molecule has 4 rings (SSSR count). The predicted molar refractivity (Wildman–Crippen MR) is 137 cm³/mol. The van der Waals surface area contributed by atoms with Gasteiger partial charge < -0.3 is 14.8 Å². The number of carbonyl (C=O) groups is 1. The zero-order chi connectivity index (χ0) is 24.6. The average Bonchev–Trinajstić information content (AvgIpc) is 3.57. The van der Waals surface area contributed by atoms with Crippen LogP contribution in [0.25, 0.3) is 22.3 Å². The lowest BCUT2D eigenvalue weighted by atomic mass is 10.1. The molecule has 0 bridgehead atoms. The highest BCUT2D eigenvalue weighted by Crippen LogP contribution is 2.30. The molecule has 0 unspecified atom stereocenters. The molecule has 2 aromatic heterocycles. The molecule has 0 fully saturated rings. The van der Waals surface area contributed by atoms with Crippen LogP contribution in [0.2, 0.25) is 0 Å².